The van der Waals surface area contributed by atoms with Crippen LogP contribution in [0.5, 0.6) is 0 Å². The fourth-order valence-corrected chi connectivity index (χ4v) is 3.90. The van der Waals surface area contributed by atoms with Gasteiger partial charge in [-0.05, 0) is 34.5 Å². The summed E-state index contributed by atoms with van der Waals surface area (Å²) in [5.74, 6) is -0.388. The predicted octanol–water partition coefficient (Wildman–Crippen LogP) is 5.81. The molecule has 0 N–H and O–H groups in total. The summed E-state index contributed by atoms with van der Waals surface area (Å²) in [5, 5.41) is 14.6. The van der Waals surface area contributed by atoms with Crippen molar-refractivity contribution in [3.63, 3.8) is 0 Å². The molecule has 1 aromatic heterocycles. The predicted molar refractivity (Wildman–Crippen MR) is 116 cm³/mol. The molecule has 0 fully saturated rings. The normalized spacial score (nSPS) is 11.2. The third kappa shape index (κ3) is 3.79. The Bertz CT molecular complexity index is 1260. The Morgan fingerprint density at radius 3 is 2.59 bits per heavy atom. The molecule has 0 radical (unpaired) electrons. The maximum atomic E-state index is 11.6. The molecular weight excluding hydrogens is 380 g/mol. The second kappa shape index (κ2) is 8.09. The van der Waals surface area contributed by atoms with Gasteiger partial charge in [0.25, 0.3) is 0 Å². The van der Waals surface area contributed by atoms with Gasteiger partial charge in [-0.15, -0.1) is 11.3 Å². The third-order valence-electron chi connectivity index (χ3n) is 4.56. The number of nitrogens with zero attached hydrogens (tertiary/aromatic N) is 2. The molecule has 140 valence electrons. The summed E-state index contributed by atoms with van der Waals surface area (Å²) in [6.07, 6.45) is 1.77. The van der Waals surface area contributed by atoms with Gasteiger partial charge < -0.3 is 4.74 Å². The summed E-state index contributed by atoms with van der Waals surface area (Å²) in [6.45, 7) is 0. The molecule has 4 aromatic rings. The number of hydrogen-bond donors (Lipinski definition) is 0. The van der Waals surface area contributed by atoms with E-state index in [0.29, 0.717) is 16.1 Å². The molecule has 0 aliphatic carbocycles. The second-order valence-electron chi connectivity index (χ2n) is 6.35. The van der Waals surface area contributed by atoms with Crippen molar-refractivity contribution < 1.29 is 9.53 Å². The van der Waals surface area contributed by atoms with Crippen LogP contribution in [0.4, 0.5) is 0 Å². The smallest absolute Gasteiger partial charge is 0.337 e. The van der Waals surface area contributed by atoms with Crippen LogP contribution < -0.4 is 0 Å². The Morgan fingerprint density at radius 1 is 1.07 bits per heavy atom. The van der Waals surface area contributed by atoms with E-state index in [2.05, 4.69) is 24.3 Å². The maximum absolute atomic E-state index is 11.6. The Morgan fingerprint density at radius 2 is 1.83 bits per heavy atom. The number of aromatic nitrogens is 1. The molecule has 4 rings (SSSR count). The van der Waals surface area contributed by atoms with Gasteiger partial charge in [0.1, 0.15) is 11.1 Å². The van der Waals surface area contributed by atoms with Crippen molar-refractivity contribution >= 4 is 39.7 Å². The minimum atomic E-state index is -0.388. The summed E-state index contributed by atoms with van der Waals surface area (Å²) in [5.41, 5.74) is 3.66. The van der Waals surface area contributed by atoms with Crippen LogP contribution >= 0.6 is 11.3 Å². The lowest BCUT2D eigenvalue weighted by molar-refractivity contribution is 0.0600. The topological polar surface area (TPSA) is 63.0 Å². The molecule has 0 amide bonds. The molecule has 0 atom stereocenters. The second-order valence-corrected chi connectivity index (χ2v) is 7.21. The number of methoxy groups -OCH3 is 1. The SMILES string of the molecule is COC(=O)c1ccc(/C=C(\C#N)c2nc(-c3cccc4ccccc34)cs2)cc1. The van der Waals surface area contributed by atoms with Gasteiger partial charge in [-0.25, -0.2) is 9.78 Å². The Labute approximate surface area is 172 Å². The van der Waals surface area contributed by atoms with E-state index in [1.165, 1.54) is 18.4 Å². The first-order chi connectivity index (χ1) is 14.2. The highest BCUT2D eigenvalue weighted by atomic mass is 32.1. The Kier molecular flexibility index (Phi) is 5.19. The first-order valence-corrected chi connectivity index (χ1v) is 9.82. The van der Waals surface area contributed by atoms with Gasteiger partial charge in [0, 0.05) is 10.9 Å². The highest BCUT2D eigenvalue weighted by molar-refractivity contribution is 7.11. The number of rotatable bonds is 4. The molecule has 0 saturated heterocycles. The number of carbonyl (C=O) groups excluding carboxylic acids is 1. The molecule has 5 heteroatoms. The zero-order chi connectivity index (χ0) is 20.2. The maximum Gasteiger partial charge on any atom is 0.337 e. The number of esters is 1. The quantitative estimate of drug-likeness (QED) is 0.322. The Balaban J connectivity index is 1.68. The number of carbonyl (C=O) groups is 1. The van der Waals surface area contributed by atoms with Gasteiger partial charge in [0.2, 0.25) is 0 Å². The molecule has 0 unspecified atom stereocenters. The summed E-state index contributed by atoms with van der Waals surface area (Å²) in [6, 6.07) is 23.5. The number of benzene rings is 3. The molecule has 29 heavy (non-hydrogen) atoms. The molecule has 0 saturated carbocycles. The lowest BCUT2D eigenvalue weighted by Gasteiger charge is -2.03. The van der Waals surface area contributed by atoms with Crippen LogP contribution in [0.2, 0.25) is 0 Å². The number of nitriles is 1. The van der Waals surface area contributed by atoms with Gasteiger partial charge >= 0.3 is 5.97 Å². The van der Waals surface area contributed by atoms with Crippen molar-refractivity contribution in [2.45, 2.75) is 0 Å². The van der Waals surface area contributed by atoms with Gasteiger partial charge in [-0.1, -0.05) is 54.6 Å². The molecule has 0 bridgehead atoms. The standard InChI is InChI=1S/C24H16N2O2S/c1-28-24(27)18-11-9-16(10-12-18)13-19(14-25)23-26-22(15-29-23)21-8-4-6-17-5-2-3-7-20(17)21/h2-13,15H,1H3/b19-13+. The molecule has 0 spiro atoms. The first-order valence-electron chi connectivity index (χ1n) is 8.94. The molecule has 0 aliphatic heterocycles. The van der Waals surface area contributed by atoms with Crippen molar-refractivity contribution in [1.82, 2.24) is 4.98 Å². The summed E-state index contributed by atoms with van der Waals surface area (Å²) in [7, 11) is 1.35. The monoisotopic (exact) mass is 396 g/mol. The van der Waals surface area contributed by atoms with Crippen molar-refractivity contribution in [2.75, 3.05) is 7.11 Å². The highest BCUT2D eigenvalue weighted by Crippen LogP contribution is 2.31. The highest BCUT2D eigenvalue weighted by Gasteiger charge is 2.11. The largest absolute Gasteiger partial charge is 0.465 e. The number of fused-ring (bicyclic) bond motifs is 1. The van der Waals surface area contributed by atoms with E-state index in [9.17, 15) is 10.1 Å². The van der Waals surface area contributed by atoms with Crippen LogP contribution in [0.1, 0.15) is 20.9 Å². The van der Waals surface area contributed by atoms with Crippen LogP contribution in [0.25, 0.3) is 33.7 Å². The summed E-state index contributed by atoms with van der Waals surface area (Å²) in [4.78, 5) is 16.3. The van der Waals surface area contributed by atoms with E-state index in [0.717, 1.165) is 27.6 Å². The minimum Gasteiger partial charge on any atom is -0.465 e. The molecule has 3 aromatic carbocycles. The van der Waals surface area contributed by atoms with Crippen molar-refractivity contribution in [3.05, 3.63) is 88.2 Å². The van der Waals surface area contributed by atoms with E-state index in [4.69, 9.17) is 9.72 Å². The zero-order valence-corrected chi connectivity index (χ0v) is 16.4. The van der Waals surface area contributed by atoms with Gasteiger partial charge in [-0.2, -0.15) is 5.26 Å². The van der Waals surface area contributed by atoms with Crippen molar-refractivity contribution in [3.8, 4) is 17.3 Å². The van der Waals surface area contributed by atoms with Crippen LogP contribution in [-0.4, -0.2) is 18.1 Å². The van der Waals surface area contributed by atoms with E-state index >= 15 is 0 Å². The van der Waals surface area contributed by atoms with Crippen LogP contribution in [0.15, 0.2) is 72.1 Å². The number of thiazole rings is 1. The fourth-order valence-electron chi connectivity index (χ4n) is 3.11. The number of hydrogen-bond acceptors (Lipinski definition) is 5. The summed E-state index contributed by atoms with van der Waals surface area (Å²) < 4.78 is 4.71. The van der Waals surface area contributed by atoms with E-state index < -0.39 is 0 Å². The van der Waals surface area contributed by atoms with Crippen molar-refractivity contribution in [1.29, 1.82) is 5.26 Å². The van der Waals surface area contributed by atoms with Gasteiger partial charge in [0.15, 0.2) is 0 Å². The molecular formula is C24H16N2O2S. The van der Waals surface area contributed by atoms with E-state index in [1.54, 1.807) is 30.3 Å². The van der Waals surface area contributed by atoms with Crippen LogP contribution in [0, 0.1) is 11.3 Å². The lowest BCUT2D eigenvalue weighted by atomic mass is 10.0. The number of allylic oxidation sites excluding steroid dienone is 1. The van der Waals surface area contributed by atoms with Gasteiger partial charge in [0.05, 0.1) is 23.9 Å². The fraction of sp³-hybridized carbons (Fsp3) is 0.0417. The summed E-state index contributed by atoms with van der Waals surface area (Å²) >= 11 is 1.44. The van der Waals surface area contributed by atoms with Crippen LogP contribution in [0.3, 0.4) is 0 Å². The van der Waals surface area contributed by atoms with Gasteiger partial charge in [-0.3, -0.25) is 0 Å². The van der Waals surface area contributed by atoms with Crippen LogP contribution in [-0.2, 0) is 4.74 Å². The molecule has 4 nitrogen and oxygen atoms in total. The minimum absolute atomic E-state index is 0.388. The van der Waals surface area contributed by atoms with Crippen molar-refractivity contribution in [2.24, 2.45) is 0 Å². The molecule has 1 heterocycles. The molecule has 0 aliphatic rings. The Hall–Kier alpha value is -3.75. The van der Waals surface area contributed by atoms with E-state index in [1.807, 2.05) is 29.6 Å². The lowest BCUT2D eigenvalue weighted by Crippen LogP contribution is -2.00. The average Bonchev–Trinajstić information content (AvgIpc) is 3.26. The zero-order valence-electron chi connectivity index (χ0n) is 15.6. The average molecular weight is 396 g/mol. The first kappa shape index (κ1) is 18.6. The third-order valence-corrected chi connectivity index (χ3v) is 5.44. The number of ether oxygens (including phenoxy) is 1. The van der Waals surface area contributed by atoms with E-state index in [-0.39, 0.29) is 5.97 Å².